The molecule has 1 rings (SSSR count). The second-order valence-corrected chi connectivity index (χ2v) is 3.81. The van der Waals surface area contributed by atoms with E-state index in [2.05, 4.69) is 0 Å². The Balaban J connectivity index is 2.41. The molecule has 1 nitrogen and oxygen atoms in total. The molecule has 0 fully saturated rings. The van der Waals surface area contributed by atoms with Crippen molar-refractivity contribution in [3.05, 3.63) is 35.4 Å². The molecule has 15 heavy (non-hydrogen) atoms. The van der Waals surface area contributed by atoms with Gasteiger partial charge in [-0.2, -0.15) is 0 Å². The molecule has 0 radical (unpaired) electrons. The number of hydrogen-bond donors (Lipinski definition) is 1. The highest BCUT2D eigenvalue weighted by Gasteiger charge is 2.03. The Morgan fingerprint density at radius 2 is 2.00 bits per heavy atom. The summed E-state index contributed by atoms with van der Waals surface area (Å²) in [7, 11) is 0. The van der Waals surface area contributed by atoms with E-state index < -0.39 is 11.6 Å². The topological polar surface area (TPSA) is 26.0 Å². The van der Waals surface area contributed by atoms with Crippen molar-refractivity contribution in [2.75, 3.05) is 0 Å². The van der Waals surface area contributed by atoms with E-state index in [9.17, 15) is 8.78 Å². The molecular formula is C12H17F2N. The van der Waals surface area contributed by atoms with E-state index in [-0.39, 0.29) is 6.04 Å². The fourth-order valence-electron chi connectivity index (χ4n) is 1.47. The van der Waals surface area contributed by atoms with Gasteiger partial charge < -0.3 is 5.73 Å². The van der Waals surface area contributed by atoms with Crippen molar-refractivity contribution in [1.82, 2.24) is 0 Å². The molecule has 0 saturated carbocycles. The zero-order valence-corrected chi connectivity index (χ0v) is 8.97. The SMILES string of the molecule is CCC(N)CCCc1ccc(F)c(F)c1. The molecule has 0 amide bonds. The number of hydrogen-bond acceptors (Lipinski definition) is 1. The fraction of sp³-hybridized carbons (Fsp3) is 0.500. The summed E-state index contributed by atoms with van der Waals surface area (Å²) in [5, 5.41) is 0. The minimum absolute atomic E-state index is 0.218. The van der Waals surface area contributed by atoms with Gasteiger partial charge in [-0.3, -0.25) is 0 Å². The second-order valence-electron chi connectivity index (χ2n) is 3.81. The van der Waals surface area contributed by atoms with Gasteiger partial charge in [-0.15, -0.1) is 0 Å². The average molecular weight is 213 g/mol. The second kappa shape index (κ2) is 5.81. The van der Waals surface area contributed by atoms with Crippen LogP contribution in [-0.4, -0.2) is 6.04 Å². The monoisotopic (exact) mass is 213 g/mol. The van der Waals surface area contributed by atoms with E-state index >= 15 is 0 Å². The van der Waals surface area contributed by atoms with Crippen molar-refractivity contribution >= 4 is 0 Å². The number of benzene rings is 1. The Morgan fingerprint density at radius 3 is 2.60 bits per heavy atom. The minimum atomic E-state index is -0.788. The lowest BCUT2D eigenvalue weighted by molar-refractivity contribution is 0.505. The van der Waals surface area contributed by atoms with Crippen LogP contribution in [0.25, 0.3) is 0 Å². The van der Waals surface area contributed by atoms with E-state index in [1.54, 1.807) is 6.07 Å². The molecular weight excluding hydrogens is 196 g/mol. The van der Waals surface area contributed by atoms with Gasteiger partial charge in [-0.05, 0) is 43.4 Å². The van der Waals surface area contributed by atoms with Crippen molar-refractivity contribution in [3.8, 4) is 0 Å². The van der Waals surface area contributed by atoms with Crippen LogP contribution >= 0.6 is 0 Å². The zero-order chi connectivity index (χ0) is 11.3. The molecule has 0 aromatic heterocycles. The van der Waals surface area contributed by atoms with E-state index in [0.717, 1.165) is 31.2 Å². The highest BCUT2D eigenvalue weighted by molar-refractivity contribution is 5.17. The van der Waals surface area contributed by atoms with Gasteiger partial charge >= 0.3 is 0 Å². The molecule has 84 valence electrons. The third-order valence-electron chi connectivity index (χ3n) is 2.55. The standard InChI is InChI=1S/C12H17F2N/c1-2-10(15)5-3-4-9-6-7-11(13)12(14)8-9/h6-8,10H,2-5,15H2,1H3. The summed E-state index contributed by atoms with van der Waals surface area (Å²) in [6.07, 6.45) is 3.55. The highest BCUT2D eigenvalue weighted by Crippen LogP contribution is 2.12. The zero-order valence-electron chi connectivity index (χ0n) is 8.97. The van der Waals surface area contributed by atoms with Crippen LogP contribution in [0.3, 0.4) is 0 Å². The maximum atomic E-state index is 12.8. The molecule has 2 N–H and O–H groups in total. The largest absolute Gasteiger partial charge is 0.328 e. The van der Waals surface area contributed by atoms with Gasteiger partial charge in [-0.25, -0.2) is 8.78 Å². The van der Waals surface area contributed by atoms with Gasteiger partial charge in [0.15, 0.2) is 11.6 Å². The predicted molar refractivity (Wildman–Crippen MR) is 57.6 cm³/mol. The number of aryl methyl sites for hydroxylation is 1. The van der Waals surface area contributed by atoms with Crippen molar-refractivity contribution in [2.45, 2.75) is 38.6 Å². The summed E-state index contributed by atoms with van der Waals surface area (Å²) in [5.74, 6) is -1.56. The average Bonchev–Trinajstić information content (AvgIpc) is 2.23. The third-order valence-corrected chi connectivity index (χ3v) is 2.55. The molecule has 1 atom stereocenters. The highest BCUT2D eigenvalue weighted by atomic mass is 19.2. The molecule has 0 spiro atoms. The van der Waals surface area contributed by atoms with Crippen molar-refractivity contribution in [2.24, 2.45) is 5.73 Å². The molecule has 0 bridgehead atoms. The van der Waals surface area contributed by atoms with Crippen LogP contribution in [0.5, 0.6) is 0 Å². The Bertz CT molecular complexity index is 312. The minimum Gasteiger partial charge on any atom is -0.328 e. The molecule has 3 heteroatoms. The van der Waals surface area contributed by atoms with Crippen molar-refractivity contribution < 1.29 is 8.78 Å². The first-order valence-corrected chi connectivity index (χ1v) is 5.33. The summed E-state index contributed by atoms with van der Waals surface area (Å²) >= 11 is 0. The van der Waals surface area contributed by atoms with Crippen molar-refractivity contribution in [3.63, 3.8) is 0 Å². The summed E-state index contributed by atoms with van der Waals surface area (Å²) in [6, 6.07) is 4.27. The molecule has 0 aliphatic heterocycles. The van der Waals surface area contributed by atoms with E-state index in [0.29, 0.717) is 0 Å². The first kappa shape index (κ1) is 12.1. The van der Waals surface area contributed by atoms with Gasteiger partial charge in [0, 0.05) is 6.04 Å². The smallest absolute Gasteiger partial charge is 0.159 e. The Hall–Kier alpha value is -0.960. The summed E-state index contributed by atoms with van der Waals surface area (Å²) in [5.41, 5.74) is 6.59. The molecule has 0 aliphatic rings. The van der Waals surface area contributed by atoms with Crippen LogP contribution in [0, 0.1) is 11.6 Å². The van der Waals surface area contributed by atoms with Gasteiger partial charge in [0.2, 0.25) is 0 Å². The molecule has 1 aromatic rings. The van der Waals surface area contributed by atoms with Crippen LogP contribution in [0.2, 0.25) is 0 Å². The van der Waals surface area contributed by atoms with Gasteiger partial charge in [0.1, 0.15) is 0 Å². The van der Waals surface area contributed by atoms with Crippen LogP contribution < -0.4 is 5.73 Å². The van der Waals surface area contributed by atoms with Crippen LogP contribution in [0.4, 0.5) is 8.78 Å². The van der Waals surface area contributed by atoms with Crippen molar-refractivity contribution in [1.29, 1.82) is 0 Å². The van der Waals surface area contributed by atoms with E-state index in [1.165, 1.54) is 12.1 Å². The summed E-state index contributed by atoms with van der Waals surface area (Å²) in [6.45, 7) is 2.04. The quantitative estimate of drug-likeness (QED) is 0.799. The Kier molecular flexibility index (Phi) is 4.69. The molecule has 0 saturated heterocycles. The predicted octanol–water partition coefficient (Wildman–Crippen LogP) is 3.02. The van der Waals surface area contributed by atoms with Crippen LogP contribution in [0.15, 0.2) is 18.2 Å². The first-order valence-electron chi connectivity index (χ1n) is 5.33. The maximum Gasteiger partial charge on any atom is 0.159 e. The lowest BCUT2D eigenvalue weighted by atomic mass is 10.0. The van der Waals surface area contributed by atoms with Gasteiger partial charge in [0.05, 0.1) is 0 Å². The summed E-state index contributed by atoms with van der Waals surface area (Å²) < 4.78 is 25.4. The lowest BCUT2D eigenvalue weighted by Crippen LogP contribution is -2.18. The number of halogens is 2. The normalized spacial score (nSPS) is 12.8. The lowest BCUT2D eigenvalue weighted by Gasteiger charge is -2.08. The number of rotatable bonds is 5. The summed E-state index contributed by atoms with van der Waals surface area (Å²) in [4.78, 5) is 0. The van der Waals surface area contributed by atoms with E-state index in [1.807, 2.05) is 6.92 Å². The molecule has 0 aliphatic carbocycles. The maximum absolute atomic E-state index is 12.8. The van der Waals surface area contributed by atoms with Crippen LogP contribution in [-0.2, 0) is 6.42 Å². The molecule has 1 unspecified atom stereocenters. The third kappa shape index (κ3) is 3.96. The van der Waals surface area contributed by atoms with Crippen LogP contribution in [0.1, 0.15) is 31.7 Å². The number of nitrogens with two attached hydrogens (primary N) is 1. The molecule has 0 heterocycles. The van der Waals surface area contributed by atoms with E-state index in [4.69, 9.17) is 5.73 Å². The first-order chi connectivity index (χ1) is 7.13. The Labute approximate surface area is 89.3 Å². The molecule has 1 aromatic carbocycles. The van der Waals surface area contributed by atoms with Gasteiger partial charge in [0.25, 0.3) is 0 Å². The Morgan fingerprint density at radius 1 is 1.27 bits per heavy atom. The van der Waals surface area contributed by atoms with Gasteiger partial charge in [-0.1, -0.05) is 13.0 Å². The fourth-order valence-corrected chi connectivity index (χ4v) is 1.47.